The maximum Gasteiger partial charge on any atom is 0.406 e. The zero-order valence-electron chi connectivity index (χ0n) is 13.1. The Bertz CT molecular complexity index is 832. The second-order valence-corrected chi connectivity index (χ2v) is 8.38. The largest absolute Gasteiger partial charge is 0.406 e. The molecule has 0 aliphatic rings. The van der Waals surface area contributed by atoms with Crippen LogP contribution in [0.25, 0.3) is 10.9 Å². The van der Waals surface area contributed by atoms with E-state index in [1.165, 1.54) is 20.3 Å². The average molecular weight is 428 g/mol. The Kier molecular flexibility index (Phi) is 5.63. The van der Waals surface area contributed by atoms with Gasteiger partial charge in [-0.2, -0.15) is 25.9 Å². The van der Waals surface area contributed by atoms with Crippen molar-refractivity contribution in [3.05, 3.63) is 34.4 Å². The minimum Gasteiger partial charge on any atom is -0.338 e. The Labute approximate surface area is 146 Å². The van der Waals surface area contributed by atoms with E-state index in [-0.39, 0.29) is 13.0 Å². The number of fused-ring (bicyclic) bond motifs is 1. The Hall–Kier alpha value is -1.10. The van der Waals surface area contributed by atoms with Crippen LogP contribution < -0.4 is 4.72 Å². The maximum absolute atomic E-state index is 12.7. The lowest BCUT2D eigenvalue weighted by Gasteiger charge is -2.11. The summed E-state index contributed by atoms with van der Waals surface area (Å²) in [6.07, 6.45) is -2.62. The molecule has 5 nitrogen and oxygen atoms in total. The molecule has 0 unspecified atom stereocenters. The van der Waals surface area contributed by atoms with Crippen LogP contribution in [0.2, 0.25) is 0 Å². The summed E-state index contributed by atoms with van der Waals surface area (Å²) in [6, 6.07) is 5.09. The first-order chi connectivity index (χ1) is 11.0. The Morgan fingerprint density at radius 3 is 2.54 bits per heavy atom. The summed E-state index contributed by atoms with van der Waals surface area (Å²) in [7, 11) is -0.766. The lowest BCUT2D eigenvalue weighted by atomic mass is 10.1. The van der Waals surface area contributed by atoms with Crippen molar-refractivity contribution in [2.45, 2.75) is 19.1 Å². The highest BCUT2D eigenvalue weighted by Gasteiger charge is 2.29. The highest BCUT2D eigenvalue weighted by Crippen LogP contribution is 2.28. The van der Waals surface area contributed by atoms with Crippen molar-refractivity contribution in [1.29, 1.82) is 0 Å². The Morgan fingerprint density at radius 2 is 1.96 bits per heavy atom. The Balaban J connectivity index is 2.27. The van der Waals surface area contributed by atoms with Gasteiger partial charge in [0.05, 0.1) is 0 Å². The molecule has 0 aliphatic carbocycles. The predicted molar refractivity (Wildman–Crippen MR) is 90.0 cm³/mol. The van der Waals surface area contributed by atoms with Gasteiger partial charge in [-0.1, -0.05) is 22.0 Å². The molecule has 24 heavy (non-hydrogen) atoms. The lowest BCUT2D eigenvalue weighted by Crippen LogP contribution is -2.36. The fraction of sp³-hybridized carbons (Fsp3) is 0.429. The molecule has 1 aromatic heterocycles. The summed E-state index contributed by atoms with van der Waals surface area (Å²) in [5.41, 5.74) is 1.11. The molecule has 10 heteroatoms. The fourth-order valence-corrected chi connectivity index (χ4v) is 3.28. The van der Waals surface area contributed by atoms with Gasteiger partial charge < -0.3 is 4.57 Å². The molecule has 2 aromatic rings. The average Bonchev–Trinajstić information content (AvgIpc) is 2.74. The molecular formula is C14H17BrF3N3O2S. The third kappa shape index (κ3) is 4.71. The van der Waals surface area contributed by atoms with E-state index < -0.39 is 22.9 Å². The van der Waals surface area contributed by atoms with Gasteiger partial charge in [0, 0.05) is 42.2 Å². The maximum atomic E-state index is 12.7. The van der Waals surface area contributed by atoms with E-state index in [1.807, 2.05) is 0 Å². The van der Waals surface area contributed by atoms with Crippen LogP contribution in [0.15, 0.2) is 28.9 Å². The van der Waals surface area contributed by atoms with Crippen LogP contribution in [0.5, 0.6) is 0 Å². The van der Waals surface area contributed by atoms with Gasteiger partial charge in [0.1, 0.15) is 6.54 Å². The molecule has 2 rings (SSSR count). The number of alkyl halides is 3. The van der Waals surface area contributed by atoms with Gasteiger partial charge in [0.15, 0.2) is 0 Å². The molecule has 0 aliphatic heterocycles. The van der Waals surface area contributed by atoms with Crippen LogP contribution in [0.3, 0.4) is 0 Å². The summed E-state index contributed by atoms with van der Waals surface area (Å²) in [6.45, 7) is -0.995. The SMILES string of the molecule is CN(C)S(=O)(=O)NCCc1cn(CC(F)(F)F)c2cc(Br)ccc12. The molecule has 0 amide bonds. The first-order valence-electron chi connectivity index (χ1n) is 7.01. The third-order valence-corrected chi connectivity index (χ3v) is 5.46. The third-order valence-electron chi connectivity index (χ3n) is 3.44. The lowest BCUT2D eigenvalue weighted by molar-refractivity contribution is -0.139. The number of hydrogen-bond acceptors (Lipinski definition) is 2. The van der Waals surface area contributed by atoms with Crippen LogP contribution in [0, 0.1) is 0 Å². The number of benzene rings is 1. The number of halogens is 4. The van der Waals surface area contributed by atoms with Crippen LogP contribution in [-0.2, 0) is 23.2 Å². The smallest absolute Gasteiger partial charge is 0.338 e. The molecule has 0 atom stereocenters. The molecule has 0 spiro atoms. The molecule has 1 heterocycles. The van der Waals surface area contributed by atoms with E-state index in [0.29, 0.717) is 20.9 Å². The van der Waals surface area contributed by atoms with Crippen molar-refractivity contribution < 1.29 is 21.6 Å². The zero-order chi connectivity index (χ0) is 18.1. The number of aromatic nitrogens is 1. The number of rotatable bonds is 6. The van der Waals surface area contributed by atoms with Gasteiger partial charge in [-0.25, -0.2) is 4.72 Å². The number of nitrogens with zero attached hydrogens (tertiary/aromatic N) is 2. The number of nitrogens with one attached hydrogen (secondary N) is 1. The van der Waals surface area contributed by atoms with Crippen LogP contribution in [0.1, 0.15) is 5.56 Å². The molecule has 0 fully saturated rings. The standard InChI is InChI=1S/C14H17BrF3N3O2S/c1-20(2)24(22,23)19-6-5-10-8-21(9-14(16,17)18)13-7-11(15)3-4-12(10)13/h3-4,7-8,19H,5-6,9H2,1-2H3. The quantitative estimate of drug-likeness (QED) is 0.770. The number of hydrogen-bond donors (Lipinski definition) is 1. The van der Waals surface area contributed by atoms with Gasteiger partial charge in [0.25, 0.3) is 10.2 Å². The summed E-state index contributed by atoms with van der Waals surface area (Å²) in [5, 5.41) is 0.673. The summed E-state index contributed by atoms with van der Waals surface area (Å²) in [4.78, 5) is 0. The van der Waals surface area contributed by atoms with Crippen molar-refractivity contribution >= 4 is 37.0 Å². The van der Waals surface area contributed by atoms with Crippen LogP contribution in [0.4, 0.5) is 13.2 Å². The molecule has 0 bridgehead atoms. The van der Waals surface area contributed by atoms with Crippen LogP contribution in [-0.4, -0.2) is 44.1 Å². The van der Waals surface area contributed by atoms with Gasteiger partial charge in [-0.3, -0.25) is 0 Å². The van der Waals surface area contributed by atoms with Crippen molar-refractivity contribution in [1.82, 2.24) is 13.6 Å². The van der Waals surface area contributed by atoms with Crippen molar-refractivity contribution in [3.8, 4) is 0 Å². The molecule has 0 saturated heterocycles. The van der Waals surface area contributed by atoms with E-state index in [2.05, 4.69) is 20.7 Å². The van der Waals surface area contributed by atoms with Crippen molar-refractivity contribution in [2.24, 2.45) is 0 Å². The van der Waals surface area contributed by atoms with E-state index in [9.17, 15) is 21.6 Å². The zero-order valence-corrected chi connectivity index (χ0v) is 15.5. The second-order valence-electron chi connectivity index (χ2n) is 5.49. The minimum atomic E-state index is -4.34. The van der Waals surface area contributed by atoms with E-state index in [1.54, 1.807) is 18.2 Å². The Morgan fingerprint density at radius 1 is 1.29 bits per heavy atom. The topological polar surface area (TPSA) is 54.3 Å². The second kappa shape index (κ2) is 7.03. The molecule has 0 radical (unpaired) electrons. The molecule has 1 N–H and O–H groups in total. The molecular weight excluding hydrogens is 411 g/mol. The summed E-state index contributed by atoms with van der Waals surface area (Å²) < 4.78 is 66.8. The molecule has 1 aromatic carbocycles. The van der Waals surface area contributed by atoms with E-state index in [0.717, 1.165) is 8.87 Å². The highest BCUT2D eigenvalue weighted by atomic mass is 79.9. The first-order valence-corrected chi connectivity index (χ1v) is 9.24. The van der Waals surface area contributed by atoms with Crippen molar-refractivity contribution in [2.75, 3.05) is 20.6 Å². The molecule has 134 valence electrons. The van der Waals surface area contributed by atoms with Gasteiger partial charge in [-0.15, -0.1) is 0 Å². The predicted octanol–water partition coefficient (Wildman–Crippen LogP) is 2.90. The normalized spacial score (nSPS) is 13.1. The van der Waals surface area contributed by atoms with Crippen molar-refractivity contribution in [3.63, 3.8) is 0 Å². The highest BCUT2D eigenvalue weighted by molar-refractivity contribution is 9.10. The summed E-state index contributed by atoms with van der Waals surface area (Å²) in [5.74, 6) is 0. The first kappa shape index (κ1) is 19.2. The van der Waals surface area contributed by atoms with Crippen LogP contribution >= 0.6 is 15.9 Å². The molecule has 0 saturated carbocycles. The van der Waals surface area contributed by atoms with Gasteiger partial charge in [-0.05, 0) is 24.1 Å². The fourth-order valence-electron chi connectivity index (χ4n) is 2.31. The monoisotopic (exact) mass is 427 g/mol. The minimum absolute atomic E-state index is 0.0989. The summed E-state index contributed by atoms with van der Waals surface area (Å²) >= 11 is 3.26. The van der Waals surface area contributed by atoms with Gasteiger partial charge in [0.2, 0.25) is 0 Å². The van der Waals surface area contributed by atoms with Gasteiger partial charge >= 0.3 is 6.18 Å². The van der Waals surface area contributed by atoms with E-state index >= 15 is 0 Å². The van der Waals surface area contributed by atoms with E-state index in [4.69, 9.17) is 0 Å².